The van der Waals surface area contributed by atoms with Gasteiger partial charge in [0.2, 0.25) is 15.9 Å². The monoisotopic (exact) mass is 353 g/mol. The molecule has 0 N–H and O–H groups in total. The van der Waals surface area contributed by atoms with Gasteiger partial charge in [-0.1, -0.05) is 6.92 Å². The number of ether oxygens (including phenoxy) is 1. The Balaban J connectivity index is 1.74. The van der Waals surface area contributed by atoms with Crippen molar-refractivity contribution in [3.63, 3.8) is 0 Å². The van der Waals surface area contributed by atoms with Crippen molar-refractivity contribution in [2.24, 2.45) is 0 Å². The lowest BCUT2D eigenvalue weighted by Gasteiger charge is -2.34. The van der Waals surface area contributed by atoms with E-state index in [1.807, 2.05) is 6.92 Å². The first kappa shape index (κ1) is 17.3. The number of nitrogens with zero attached hydrogens (tertiary/aromatic N) is 3. The molecule has 1 aliphatic carbocycles. The third-order valence-corrected chi connectivity index (χ3v) is 6.31. The quantitative estimate of drug-likeness (QED) is 0.758. The lowest BCUT2D eigenvalue weighted by molar-refractivity contribution is -0.139. The second-order valence-electron chi connectivity index (χ2n) is 6.21. The summed E-state index contributed by atoms with van der Waals surface area (Å²) in [5.41, 5.74) is 0. The van der Waals surface area contributed by atoms with E-state index in [0.29, 0.717) is 19.7 Å². The summed E-state index contributed by atoms with van der Waals surface area (Å²) in [5.74, 6) is -0.156. The van der Waals surface area contributed by atoms with Gasteiger partial charge in [0.15, 0.2) is 0 Å². The fraction of sp³-hybridized carbons (Fsp3) is 0.625. The molecule has 0 aromatic carbocycles. The highest BCUT2D eigenvalue weighted by Gasteiger charge is 2.40. The van der Waals surface area contributed by atoms with Crippen molar-refractivity contribution in [3.8, 4) is 0 Å². The average Bonchev–Trinajstić information content (AvgIpc) is 3.45. The largest absolute Gasteiger partial charge is 0.375 e. The first-order valence-electron chi connectivity index (χ1n) is 8.33. The second kappa shape index (κ2) is 7.16. The van der Waals surface area contributed by atoms with E-state index in [9.17, 15) is 13.2 Å². The maximum Gasteiger partial charge on any atom is 0.245 e. The van der Waals surface area contributed by atoms with E-state index >= 15 is 0 Å². The smallest absolute Gasteiger partial charge is 0.245 e. The molecule has 8 heteroatoms. The van der Waals surface area contributed by atoms with E-state index in [1.165, 1.54) is 22.8 Å². The molecule has 1 amide bonds. The van der Waals surface area contributed by atoms with E-state index < -0.39 is 10.0 Å². The van der Waals surface area contributed by atoms with Gasteiger partial charge in [0.1, 0.15) is 4.90 Å². The minimum atomic E-state index is -3.70. The van der Waals surface area contributed by atoms with Crippen LogP contribution in [-0.2, 0) is 19.6 Å². The molecule has 1 saturated carbocycles. The third-order valence-electron chi connectivity index (χ3n) is 4.43. The molecule has 0 spiro atoms. The number of rotatable bonds is 6. The van der Waals surface area contributed by atoms with E-state index in [2.05, 4.69) is 4.98 Å². The van der Waals surface area contributed by atoms with Crippen molar-refractivity contribution in [2.45, 2.75) is 43.2 Å². The van der Waals surface area contributed by atoms with Gasteiger partial charge in [-0.05, 0) is 31.4 Å². The summed E-state index contributed by atoms with van der Waals surface area (Å²) in [4.78, 5) is 18.4. The van der Waals surface area contributed by atoms with Gasteiger partial charge in [0, 0.05) is 31.5 Å². The van der Waals surface area contributed by atoms with Crippen LogP contribution in [0, 0.1) is 0 Å². The van der Waals surface area contributed by atoms with Crippen LogP contribution in [0.1, 0.15) is 26.2 Å². The van der Waals surface area contributed by atoms with Gasteiger partial charge in [0.25, 0.3) is 0 Å². The van der Waals surface area contributed by atoms with Gasteiger partial charge in [-0.3, -0.25) is 9.78 Å². The minimum absolute atomic E-state index is 0.0343. The molecule has 1 saturated heterocycles. The lowest BCUT2D eigenvalue weighted by Crippen LogP contribution is -2.50. The molecular formula is C16H23N3O4S. The first-order chi connectivity index (χ1) is 11.5. The van der Waals surface area contributed by atoms with Crippen molar-refractivity contribution in [1.29, 1.82) is 0 Å². The fourth-order valence-electron chi connectivity index (χ4n) is 2.83. The molecule has 1 aromatic heterocycles. The molecule has 1 unspecified atom stereocenters. The van der Waals surface area contributed by atoms with E-state index in [0.717, 1.165) is 19.3 Å². The molecule has 7 nitrogen and oxygen atoms in total. The SMILES string of the molecule is CCC1CN(C(=O)CN(C2CC2)S(=O)(=O)c2cccnc2)CCO1. The molecule has 0 radical (unpaired) electrons. The van der Waals surface area contributed by atoms with Crippen LogP contribution >= 0.6 is 0 Å². The molecule has 2 aliphatic rings. The summed E-state index contributed by atoms with van der Waals surface area (Å²) < 4.78 is 32.6. The molecular weight excluding hydrogens is 330 g/mol. The Morgan fingerprint density at radius 2 is 2.25 bits per heavy atom. The van der Waals surface area contributed by atoms with Crippen molar-refractivity contribution in [1.82, 2.24) is 14.2 Å². The van der Waals surface area contributed by atoms with Crippen LogP contribution in [0.3, 0.4) is 0 Å². The normalized spacial score (nSPS) is 21.9. The minimum Gasteiger partial charge on any atom is -0.375 e. The Kier molecular flexibility index (Phi) is 5.17. The summed E-state index contributed by atoms with van der Waals surface area (Å²) in [6.07, 6.45) is 5.33. The number of morpholine rings is 1. The topological polar surface area (TPSA) is 79.8 Å². The fourth-order valence-corrected chi connectivity index (χ4v) is 4.43. The summed E-state index contributed by atoms with van der Waals surface area (Å²) in [6, 6.07) is 3.03. The van der Waals surface area contributed by atoms with Crippen molar-refractivity contribution >= 4 is 15.9 Å². The van der Waals surface area contributed by atoms with Gasteiger partial charge in [-0.25, -0.2) is 8.42 Å². The molecule has 132 valence electrons. The molecule has 2 heterocycles. The van der Waals surface area contributed by atoms with Crippen molar-refractivity contribution in [3.05, 3.63) is 24.5 Å². The second-order valence-corrected chi connectivity index (χ2v) is 8.10. The zero-order valence-corrected chi connectivity index (χ0v) is 14.6. The number of pyridine rings is 1. The standard InChI is InChI=1S/C16H23N3O4S/c1-2-14-11-18(8-9-23-14)16(20)12-19(13-5-6-13)24(21,22)15-4-3-7-17-10-15/h3-4,7,10,13-14H,2,5-6,8-9,11-12H2,1H3. The van der Waals surface area contributed by atoms with Gasteiger partial charge >= 0.3 is 0 Å². The average molecular weight is 353 g/mol. The predicted octanol–water partition coefficient (Wildman–Crippen LogP) is 0.872. The number of hydrogen-bond donors (Lipinski definition) is 0. The molecule has 1 aromatic rings. The van der Waals surface area contributed by atoms with Gasteiger partial charge in [-0.2, -0.15) is 4.31 Å². The number of aromatic nitrogens is 1. The Morgan fingerprint density at radius 3 is 2.88 bits per heavy atom. The van der Waals surface area contributed by atoms with Crippen LogP contribution in [0.5, 0.6) is 0 Å². The molecule has 1 aliphatic heterocycles. The van der Waals surface area contributed by atoms with Crippen LogP contribution in [0.4, 0.5) is 0 Å². The Bertz CT molecular complexity index is 676. The van der Waals surface area contributed by atoms with E-state index in [1.54, 1.807) is 11.0 Å². The van der Waals surface area contributed by atoms with Crippen LogP contribution in [0.2, 0.25) is 0 Å². The Hall–Kier alpha value is -1.51. The van der Waals surface area contributed by atoms with E-state index in [4.69, 9.17) is 4.74 Å². The maximum atomic E-state index is 12.8. The van der Waals surface area contributed by atoms with Crippen LogP contribution in [0.25, 0.3) is 0 Å². The maximum absolute atomic E-state index is 12.8. The van der Waals surface area contributed by atoms with Gasteiger partial charge in [0.05, 0.1) is 19.3 Å². The Morgan fingerprint density at radius 1 is 1.46 bits per heavy atom. The van der Waals surface area contributed by atoms with Crippen molar-refractivity contribution < 1.29 is 17.9 Å². The number of carbonyl (C=O) groups excluding carboxylic acids is 1. The number of carbonyl (C=O) groups is 1. The lowest BCUT2D eigenvalue weighted by atomic mass is 10.2. The van der Waals surface area contributed by atoms with Gasteiger partial charge in [-0.15, -0.1) is 0 Å². The van der Waals surface area contributed by atoms with Gasteiger partial charge < -0.3 is 9.64 Å². The molecule has 2 fully saturated rings. The summed E-state index contributed by atoms with van der Waals surface area (Å²) in [6.45, 7) is 3.45. The van der Waals surface area contributed by atoms with Crippen LogP contribution in [-0.4, -0.2) is 66.9 Å². The van der Waals surface area contributed by atoms with Crippen molar-refractivity contribution in [2.75, 3.05) is 26.2 Å². The zero-order valence-electron chi connectivity index (χ0n) is 13.8. The first-order valence-corrected chi connectivity index (χ1v) is 9.77. The highest BCUT2D eigenvalue weighted by atomic mass is 32.2. The Labute approximate surface area is 142 Å². The summed E-state index contributed by atoms with van der Waals surface area (Å²) in [7, 11) is -3.70. The number of amides is 1. The highest BCUT2D eigenvalue weighted by molar-refractivity contribution is 7.89. The predicted molar refractivity (Wildman–Crippen MR) is 87.8 cm³/mol. The van der Waals surface area contributed by atoms with Crippen LogP contribution in [0.15, 0.2) is 29.4 Å². The third kappa shape index (κ3) is 3.76. The molecule has 0 bridgehead atoms. The molecule has 24 heavy (non-hydrogen) atoms. The highest BCUT2D eigenvalue weighted by Crippen LogP contribution is 2.31. The summed E-state index contributed by atoms with van der Waals surface area (Å²) in [5, 5.41) is 0. The van der Waals surface area contributed by atoms with Crippen LogP contribution < -0.4 is 0 Å². The number of hydrogen-bond acceptors (Lipinski definition) is 5. The molecule has 1 atom stereocenters. The number of sulfonamides is 1. The molecule has 3 rings (SSSR count). The summed E-state index contributed by atoms with van der Waals surface area (Å²) >= 11 is 0. The van der Waals surface area contributed by atoms with E-state index in [-0.39, 0.29) is 29.5 Å². The zero-order chi connectivity index (χ0) is 17.2.